The second kappa shape index (κ2) is 4.62. The van der Waals surface area contributed by atoms with Gasteiger partial charge in [-0.2, -0.15) is 0 Å². The molecule has 0 bridgehead atoms. The summed E-state index contributed by atoms with van der Waals surface area (Å²) < 4.78 is 0. The minimum atomic E-state index is 0.246. The van der Waals surface area contributed by atoms with Gasteiger partial charge in [0.15, 0.2) is 0 Å². The topological polar surface area (TPSA) is 23.6 Å². The van der Waals surface area contributed by atoms with E-state index in [1.54, 1.807) is 0 Å². The van der Waals surface area contributed by atoms with Crippen molar-refractivity contribution in [1.82, 2.24) is 9.80 Å². The number of piperazine rings is 1. The van der Waals surface area contributed by atoms with Gasteiger partial charge in [0.1, 0.15) is 0 Å². The number of piperidine rings is 1. The molecule has 0 N–H and O–H groups in total. The van der Waals surface area contributed by atoms with E-state index < -0.39 is 0 Å². The Labute approximate surface area is 93.6 Å². The van der Waals surface area contributed by atoms with Crippen molar-refractivity contribution in [2.24, 2.45) is 0 Å². The molecule has 0 aliphatic carbocycles. The number of alkyl halides is 1. The van der Waals surface area contributed by atoms with Gasteiger partial charge in [0.25, 0.3) is 0 Å². The van der Waals surface area contributed by atoms with E-state index in [4.69, 9.17) is 0 Å². The van der Waals surface area contributed by atoms with Crippen LogP contribution >= 0.6 is 15.9 Å². The molecule has 2 saturated heterocycles. The summed E-state index contributed by atoms with van der Waals surface area (Å²) >= 11 is 3.23. The molecule has 1 atom stereocenters. The Morgan fingerprint density at radius 2 is 2.14 bits per heavy atom. The van der Waals surface area contributed by atoms with Gasteiger partial charge < -0.3 is 4.90 Å². The molecule has 0 spiro atoms. The second-order valence-electron chi connectivity index (χ2n) is 4.16. The van der Waals surface area contributed by atoms with E-state index in [1.807, 2.05) is 4.90 Å². The van der Waals surface area contributed by atoms with E-state index in [2.05, 4.69) is 20.8 Å². The molecule has 1 amide bonds. The molecule has 2 aliphatic rings. The van der Waals surface area contributed by atoms with Gasteiger partial charge in [0.05, 0.1) is 5.33 Å². The van der Waals surface area contributed by atoms with Gasteiger partial charge in [-0.15, -0.1) is 0 Å². The minimum absolute atomic E-state index is 0.246. The number of carbonyl (C=O) groups is 1. The van der Waals surface area contributed by atoms with Crippen LogP contribution in [0.15, 0.2) is 0 Å². The summed E-state index contributed by atoms with van der Waals surface area (Å²) in [5.41, 5.74) is 0. The van der Waals surface area contributed by atoms with Crippen molar-refractivity contribution >= 4 is 21.8 Å². The minimum Gasteiger partial charge on any atom is -0.339 e. The van der Waals surface area contributed by atoms with Crippen molar-refractivity contribution in [2.45, 2.75) is 25.3 Å². The second-order valence-corrected chi connectivity index (χ2v) is 4.72. The summed E-state index contributed by atoms with van der Waals surface area (Å²) in [6.07, 6.45) is 3.94. The predicted molar refractivity (Wildman–Crippen MR) is 59.6 cm³/mol. The lowest BCUT2D eigenvalue weighted by Crippen LogP contribution is -2.56. The average molecular weight is 261 g/mol. The van der Waals surface area contributed by atoms with Crippen molar-refractivity contribution in [3.05, 3.63) is 0 Å². The van der Waals surface area contributed by atoms with Gasteiger partial charge in [-0.1, -0.05) is 22.4 Å². The van der Waals surface area contributed by atoms with Crippen LogP contribution in [0.5, 0.6) is 0 Å². The summed E-state index contributed by atoms with van der Waals surface area (Å²) in [6, 6.07) is 0.639. The summed E-state index contributed by atoms with van der Waals surface area (Å²) in [5, 5.41) is 0.472. The fourth-order valence-corrected chi connectivity index (χ4v) is 2.82. The highest BCUT2D eigenvalue weighted by molar-refractivity contribution is 9.09. The Hall–Kier alpha value is -0.0900. The van der Waals surface area contributed by atoms with Crippen LogP contribution in [0.25, 0.3) is 0 Å². The van der Waals surface area contributed by atoms with E-state index in [9.17, 15) is 4.79 Å². The van der Waals surface area contributed by atoms with E-state index >= 15 is 0 Å². The van der Waals surface area contributed by atoms with Crippen LogP contribution in [0, 0.1) is 0 Å². The van der Waals surface area contributed by atoms with Gasteiger partial charge in [-0.05, 0) is 19.4 Å². The predicted octanol–water partition coefficient (Wildman–Crippen LogP) is 1.08. The number of amides is 1. The Morgan fingerprint density at radius 3 is 2.93 bits per heavy atom. The van der Waals surface area contributed by atoms with Crippen molar-refractivity contribution in [1.29, 1.82) is 0 Å². The summed E-state index contributed by atoms with van der Waals surface area (Å²) in [4.78, 5) is 16.0. The number of rotatable bonds is 1. The Balaban J connectivity index is 1.92. The molecule has 80 valence electrons. The largest absolute Gasteiger partial charge is 0.339 e. The molecule has 2 rings (SSSR count). The number of hydrogen-bond acceptors (Lipinski definition) is 2. The Morgan fingerprint density at radius 1 is 1.29 bits per heavy atom. The van der Waals surface area contributed by atoms with E-state index in [0.29, 0.717) is 11.4 Å². The lowest BCUT2D eigenvalue weighted by Gasteiger charge is -2.43. The molecule has 1 unspecified atom stereocenters. The summed E-state index contributed by atoms with van der Waals surface area (Å²) in [5.74, 6) is 0.246. The van der Waals surface area contributed by atoms with Crippen molar-refractivity contribution in [2.75, 3.05) is 31.5 Å². The van der Waals surface area contributed by atoms with Gasteiger partial charge in [0, 0.05) is 25.7 Å². The number of carbonyl (C=O) groups excluding carboxylic acids is 1. The fraction of sp³-hybridized carbons (Fsp3) is 0.900. The highest BCUT2D eigenvalue weighted by Crippen LogP contribution is 2.21. The first-order valence-corrected chi connectivity index (χ1v) is 6.51. The van der Waals surface area contributed by atoms with Crippen molar-refractivity contribution < 1.29 is 4.79 Å². The molecule has 0 saturated carbocycles. The van der Waals surface area contributed by atoms with Gasteiger partial charge in [-0.25, -0.2) is 0 Å². The van der Waals surface area contributed by atoms with Gasteiger partial charge in [-0.3, -0.25) is 9.69 Å². The molecule has 0 radical (unpaired) electrons. The first-order valence-electron chi connectivity index (χ1n) is 5.39. The van der Waals surface area contributed by atoms with Crippen LogP contribution < -0.4 is 0 Å². The molecule has 4 heteroatoms. The van der Waals surface area contributed by atoms with Crippen LogP contribution in [0.4, 0.5) is 0 Å². The smallest absolute Gasteiger partial charge is 0.233 e. The maximum absolute atomic E-state index is 11.5. The third-order valence-corrected chi connectivity index (χ3v) is 3.78. The van der Waals surface area contributed by atoms with E-state index in [-0.39, 0.29) is 5.91 Å². The van der Waals surface area contributed by atoms with Crippen LogP contribution in [0.3, 0.4) is 0 Å². The first kappa shape index (κ1) is 10.4. The molecule has 2 fully saturated rings. The third-order valence-electron chi connectivity index (χ3n) is 3.30. The number of hydrogen-bond donors (Lipinski definition) is 0. The Bertz CT molecular complexity index is 222. The van der Waals surface area contributed by atoms with Gasteiger partial charge >= 0.3 is 0 Å². The van der Waals surface area contributed by atoms with Crippen LogP contribution in [-0.4, -0.2) is 53.3 Å². The van der Waals surface area contributed by atoms with Gasteiger partial charge in [0.2, 0.25) is 5.91 Å². The average Bonchev–Trinajstić information content (AvgIpc) is 2.27. The summed E-state index contributed by atoms with van der Waals surface area (Å²) in [7, 11) is 0. The highest BCUT2D eigenvalue weighted by atomic mass is 79.9. The van der Waals surface area contributed by atoms with E-state index in [1.165, 1.54) is 25.8 Å². The molecule has 14 heavy (non-hydrogen) atoms. The van der Waals surface area contributed by atoms with Crippen LogP contribution in [0.2, 0.25) is 0 Å². The SMILES string of the molecule is O=C(CBr)N1CCN2CCCCC2C1. The molecule has 3 nitrogen and oxygen atoms in total. The summed E-state index contributed by atoms with van der Waals surface area (Å²) in [6.45, 7) is 4.18. The monoisotopic (exact) mass is 260 g/mol. The molecular formula is C10H17BrN2O. The maximum atomic E-state index is 11.5. The van der Waals surface area contributed by atoms with Crippen molar-refractivity contribution in [3.8, 4) is 0 Å². The number of halogens is 1. The van der Waals surface area contributed by atoms with Crippen molar-refractivity contribution in [3.63, 3.8) is 0 Å². The fourth-order valence-electron chi connectivity index (χ4n) is 2.47. The number of fused-ring (bicyclic) bond motifs is 1. The molecule has 0 aromatic rings. The first-order chi connectivity index (χ1) is 6.81. The lowest BCUT2D eigenvalue weighted by molar-refractivity contribution is -0.131. The van der Waals surface area contributed by atoms with Crippen LogP contribution in [-0.2, 0) is 4.79 Å². The standard InChI is InChI=1S/C10H17BrN2O/c11-7-10(14)13-6-5-12-4-2-1-3-9(12)8-13/h9H,1-8H2. The molecular weight excluding hydrogens is 244 g/mol. The molecule has 2 heterocycles. The van der Waals surface area contributed by atoms with E-state index in [0.717, 1.165) is 19.6 Å². The molecule has 0 aromatic heterocycles. The highest BCUT2D eigenvalue weighted by Gasteiger charge is 2.30. The number of nitrogens with zero attached hydrogens (tertiary/aromatic N) is 2. The quantitative estimate of drug-likeness (QED) is 0.659. The maximum Gasteiger partial charge on any atom is 0.233 e. The third kappa shape index (κ3) is 2.11. The molecule has 0 aromatic carbocycles. The zero-order valence-corrected chi connectivity index (χ0v) is 10.0. The lowest BCUT2D eigenvalue weighted by atomic mass is 9.99. The zero-order valence-electron chi connectivity index (χ0n) is 8.41. The Kier molecular flexibility index (Phi) is 3.44. The van der Waals surface area contributed by atoms with Crippen LogP contribution in [0.1, 0.15) is 19.3 Å². The normalized spacial score (nSPS) is 28.6. The molecule has 2 aliphatic heterocycles. The zero-order chi connectivity index (χ0) is 9.97.